The van der Waals surface area contributed by atoms with Gasteiger partial charge < -0.3 is 9.84 Å². The molecule has 1 aliphatic carbocycles. The third-order valence-electron chi connectivity index (χ3n) is 5.22. The van der Waals surface area contributed by atoms with Gasteiger partial charge in [0, 0.05) is 33.0 Å². The molecule has 0 bridgehead atoms. The number of aromatic nitrogens is 1. The summed E-state index contributed by atoms with van der Waals surface area (Å²) >= 11 is 9.36. The molecule has 0 saturated carbocycles. The van der Waals surface area contributed by atoms with Crippen molar-refractivity contribution in [2.45, 2.75) is 25.9 Å². The number of carbonyl (C=O) groups is 1. The van der Waals surface area contributed by atoms with Crippen LogP contribution in [0.2, 0.25) is 5.02 Å². The van der Waals surface area contributed by atoms with Gasteiger partial charge in [0.15, 0.2) is 0 Å². The molecule has 0 spiro atoms. The van der Waals surface area contributed by atoms with E-state index in [1.807, 2.05) is 18.2 Å². The van der Waals surface area contributed by atoms with Crippen LogP contribution in [0.3, 0.4) is 0 Å². The maximum Gasteiger partial charge on any atom is 0.337 e. The lowest BCUT2D eigenvalue weighted by molar-refractivity contribution is 0.0696. The minimum atomic E-state index is -1.01. The molecule has 4 rings (SSSR count). The number of hydrogen-bond donors (Lipinski definition) is 1. The van der Waals surface area contributed by atoms with Crippen LogP contribution >= 0.6 is 27.5 Å². The summed E-state index contributed by atoms with van der Waals surface area (Å²) in [6.45, 7) is 0.0658. The lowest BCUT2D eigenvalue weighted by atomic mass is 9.96. The van der Waals surface area contributed by atoms with E-state index in [2.05, 4.69) is 20.9 Å². The molecule has 31 heavy (non-hydrogen) atoms. The number of carboxylic acid groups (broad SMARTS) is 1. The van der Waals surface area contributed by atoms with Crippen molar-refractivity contribution < 1.29 is 19.0 Å². The Kier molecular flexibility index (Phi) is 6.39. The van der Waals surface area contributed by atoms with Gasteiger partial charge in [-0.3, -0.25) is 4.98 Å². The van der Waals surface area contributed by atoms with Crippen LogP contribution in [0.4, 0.5) is 4.39 Å². The molecule has 0 aliphatic heterocycles. The molecule has 1 aromatic heterocycles. The van der Waals surface area contributed by atoms with Crippen molar-refractivity contribution >= 4 is 44.6 Å². The van der Waals surface area contributed by atoms with E-state index in [1.54, 1.807) is 24.4 Å². The monoisotopic (exact) mass is 501 g/mol. The molecule has 2 aromatic carbocycles. The largest absolute Gasteiger partial charge is 0.488 e. The second-order valence-electron chi connectivity index (χ2n) is 7.24. The molecule has 1 heterocycles. The summed E-state index contributed by atoms with van der Waals surface area (Å²) in [7, 11) is 0. The van der Waals surface area contributed by atoms with Gasteiger partial charge in [0.1, 0.15) is 18.2 Å². The number of allylic oxidation sites excluding steroid dienone is 2. The highest BCUT2D eigenvalue weighted by Gasteiger charge is 2.22. The number of ether oxygens (including phenoxy) is 1. The summed E-state index contributed by atoms with van der Waals surface area (Å²) in [5.74, 6) is -0.788. The fourth-order valence-corrected chi connectivity index (χ4v) is 4.26. The number of hydrogen-bond acceptors (Lipinski definition) is 3. The first-order valence-electron chi connectivity index (χ1n) is 9.70. The highest BCUT2D eigenvalue weighted by atomic mass is 79.9. The van der Waals surface area contributed by atoms with Crippen molar-refractivity contribution in [3.8, 4) is 5.75 Å². The van der Waals surface area contributed by atoms with Gasteiger partial charge in [-0.1, -0.05) is 33.6 Å². The van der Waals surface area contributed by atoms with Crippen LogP contribution in [0, 0.1) is 5.82 Å². The molecule has 7 heteroatoms. The number of aromatic carboxylic acids is 1. The summed E-state index contributed by atoms with van der Waals surface area (Å²) in [6, 6.07) is 11.9. The minimum absolute atomic E-state index is 0.0658. The summed E-state index contributed by atoms with van der Waals surface area (Å²) in [5.41, 5.74) is 4.39. The number of carboxylic acids is 1. The molecule has 0 unspecified atom stereocenters. The van der Waals surface area contributed by atoms with Crippen LogP contribution < -0.4 is 4.74 Å². The predicted octanol–water partition coefficient (Wildman–Crippen LogP) is 7.01. The van der Waals surface area contributed by atoms with E-state index in [-0.39, 0.29) is 12.2 Å². The Labute approximate surface area is 192 Å². The molecule has 158 valence electrons. The Morgan fingerprint density at radius 1 is 1.13 bits per heavy atom. The van der Waals surface area contributed by atoms with Gasteiger partial charge >= 0.3 is 5.97 Å². The zero-order valence-electron chi connectivity index (χ0n) is 16.4. The van der Waals surface area contributed by atoms with Crippen molar-refractivity contribution in [3.63, 3.8) is 0 Å². The van der Waals surface area contributed by atoms with E-state index in [0.29, 0.717) is 16.3 Å². The predicted molar refractivity (Wildman–Crippen MR) is 122 cm³/mol. The quantitative estimate of drug-likeness (QED) is 0.394. The number of rotatable bonds is 6. The van der Waals surface area contributed by atoms with Gasteiger partial charge in [0.2, 0.25) is 0 Å². The highest BCUT2D eigenvalue weighted by molar-refractivity contribution is 9.10. The average Bonchev–Trinajstić information content (AvgIpc) is 3.23. The summed E-state index contributed by atoms with van der Waals surface area (Å²) in [4.78, 5) is 15.5. The third-order valence-corrected chi connectivity index (χ3v) is 5.94. The average molecular weight is 503 g/mol. The molecule has 1 aliphatic rings. The van der Waals surface area contributed by atoms with Crippen molar-refractivity contribution in [1.29, 1.82) is 0 Å². The maximum atomic E-state index is 14.2. The van der Waals surface area contributed by atoms with Crippen molar-refractivity contribution in [1.82, 2.24) is 4.98 Å². The molecular weight excluding hydrogens is 485 g/mol. The lowest BCUT2D eigenvalue weighted by Gasteiger charge is -2.15. The fourth-order valence-electron chi connectivity index (χ4n) is 3.74. The Hall–Kier alpha value is -2.70. The number of benzene rings is 2. The Bertz CT molecular complexity index is 1200. The SMILES string of the molecule is O=C(O)c1cncc(C2=C(c3cc(Br)ccc3OCc3ccc(Cl)cc3F)CCC2)c1. The standard InChI is InChI=1S/C24H18BrClFNO3/c25-17-5-7-23(31-13-14-4-6-18(26)10-22(14)27)21(9-17)20-3-1-2-19(20)15-8-16(24(29)30)12-28-11-15/h4-12H,1-3,13H2,(H,29,30). The molecule has 0 atom stereocenters. The van der Waals surface area contributed by atoms with Crippen LogP contribution in [0.5, 0.6) is 5.75 Å². The van der Waals surface area contributed by atoms with Crippen LogP contribution in [-0.4, -0.2) is 16.1 Å². The normalized spacial score (nSPS) is 13.5. The van der Waals surface area contributed by atoms with Crippen LogP contribution in [0.25, 0.3) is 11.1 Å². The zero-order valence-corrected chi connectivity index (χ0v) is 18.7. The molecule has 1 N–H and O–H groups in total. The van der Waals surface area contributed by atoms with E-state index < -0.39 is 11.8 Å². The summed E-state index contributed by atoms with van der Waals surface area (Å²) in [5, 5.41) is 9.65. The molecule has 0 fully saturated rings. The molecule has 4 nitrogen and oxygen atoms in total. The first-order valence-corrected chi connectivity index (χ1v) is 10.9. The van der Waals surface area contributed by atoms with Gasteiger partial charge in [-0.05, 0) is 72.4 Å². The Balaban J connectivity index is 1.71. The highest BCUT2D eigenvalue weighted by Crippen LogP contribution is 2.43. The van der Waals surface area contributed by atoms with E-state index in [0.717, 1.165) is 46.0 Å². The minimum Gasteiger partial charge on any atom is -0.488 e. The Morgan fingerprint density at radius 2 is 1.94 bits per heavy atom. The topological polar surface area (TPSA) is 59.4 Å². The molecule has 3 aromatic rings. The first-order chi connectivity index (χ1) is 14.9. The van der Waals surface area contributed by atoms with Crippen molar-refractivity contribution in [2.75, 3.05) is 0 Å². The van der Waals surface area contributed by atoms with Crippen molar-refractivity contribution in [3.05, 3.63) is 92.4 Å². The first kappa shape index (κ1) is 21.5. The third kappa shape index (κ3) is 4.81. The van der Waals surface area contributed by atoms with Crippen LogP contribution in [-0.2, 0) is 6.61 Å². The van der Waals surface area contributed by atoms with Gasteiger partial charge in [0.05, 0.1) is 5.56 Å². The number of halogens is 3. The number of pyridine rings is 1. The molecular formula is C24H18BrClFNO3. The van der Waals surface area contributed by atoms with Crippen LogP contribution in [0.15, 0.2) is 59.3 Å². The van der Waals surface area contributed by atoms with E-state index in [9.17, 15) is 14.3 Å². The van der Waals surface area contributed by atoms with Crippen LogP contribution in [0.1, 0.15) is 46.3 Å². The number of nitrogens with zero attached hydrogens (tertiary/aromatic N) is 1. The fraction of sp³-hybridized carbons (Fsp3) is 0.167. The van der Waals surface area contributed by atoms with Gasteiger partial charge in [-0.15, -0.1) is 0 Å². The lowest BCUT2D eigenvalue weighted by Crippen LogP contribution is -2.01. The summed E-state index contributed by atoms with van der Waals surface area (Å²) in [6.07, 6.45) is 5.62. The van der Waals surface area contributed by atoms with E-state index >= 15 is 0 Å². The smallest absolute Gasteiger partial charge is 0.337 e. The van der Waals surface area contributed by atoms with E-state index in [1.165, 1.54) is 12.3 Å². The Morgan fingerprint density at radius 3 is 2.71 bits per heavy atom. The second kappa shape index (κ2) is 9.20. The molecule has 0 saturated heterocycles. The maximum absolute atomic E-state index is 14.2. The molecule has 0 amide bonds. The summed E-state index contributed by atoms with van der Waals surface area (Å²) < 4.78 is 21.1. The van der Waals surface area contributed by atoms with Crippen molar-refractivity contribution in [2.24, 2.45) is 0 Å². The second-order valence-corrected chi connectivity index (χ2v) is 8.60. The zero-order chi connectivity index (χ0) is 22.0. The van der Waals surface area contributed by atoms with Gasteiger partial charge in [-0.25, -0.2) is 9.18 Å². The molecule has 0 radical (unpaired) electrons. The van der Waals surface area contributed by atoms with E-state index in [4.69, 9.17) is 16.3 Å². The van der Waals surface area contributed by atoms with Gasteiger partial charge in [-0.2, -0.15) is 0 Å². The van der Waals surface area contributed by atoms with Gasteiger partial charge in [0.25, 0.3) is 0 Å².